The summed E-state index contributed by atoms with van der Waals surface area (Å²) >= 11 is 2.76. The number of thioether (sulfide) groups is 1. The maximum absolute atomic E-state index is 9.25. The van der Waals surface area contributed by atoms with Crippen LogP contribution in [0.15, 0.2) is 4.90 Å². The molecule has 9 heteroatoms. The van der Waals surface area contributed by atoms with Crippen molar-refractivity contribution < 1.29 is 0 Å². The molecule has 7 nitrogen and oxygen atoms in total. The molecule has 0 bridgehead atoms. The molecule has 0 radical (unpaired) electrons. The van der Waals surface area contributed by atoms with Crippen molar-refractivity contribution in [3.8, 4) is 6.07 Å². The minimum atomic E-state index is 0.0945. The Balaban J connectivity index is 2.61. The fourth-order valence-electron chi connectivity index (χ4n) is 2.01. The SMILES string of the molecule is CSc1c(C#N)c(N)nc2sc3c(N)nc(N)nc3c12. The van der Waals surface area contributed by atoms with Gasteiger partial charge in [0.2, 0.25) is 5.95 Å². The van der Waals surface area contributed by atoms with Gasteiger partial charge in [0.25, 0.3) is 0 Å². The molecule has 3 heterocycles. The molecule has 0 aliphatic carbocycles. The van der Waals surface area contributed by atoms with E-state index in [2.05, 4.69) is 21.0 Å². The van der Waals surface area contributed by atoms with Crippen molar-refractivity contribution in [2.75, 3.05) is 23.5 Å². The number of nitriles is 1. The Kier molecular flexibility index (Phi) is 2.77. The van der Waals surface area contributed by atoms with Crippen LogP contribution >= 0.6 is 23.1 Å². The zero-order chi connectivity index (χ0) is 14.4. The molecule has 0 spiro atoms. The van der Waals surface area contributed by atoms with Crippen LogP contribution in [-0.2, 0) is 0 Å². The number of aromatic nitrogens is 3. The molecule has 100 valence electrons. The van der Waals surface area contributed by atoms with Gasteiger partial charge in [0.15, 0.2) is 0 Å². The van der Waals surface area contributed by atoms with E-state index in [1.54, 1.807) is 0 Å². The quantitative estimate of drug-likeness (QED) is 0.575. The van der Waals surface area contributed by atoms with Gasteiger partial charge >= 0.3 is 0 Å². The normalized spacial score (nSPS) is 11.0. The van der Waals surface area contributed by atoms with Gasteiger partial charge in [-0.05, 0) is 6.26 Å². The Hall–Kier alpha value is -2.31. The van der Waals surface area contributed by atoms with Gasteiger partial charge in [-0.25, -0.2) is 9.97 Å². The van der Waals surface area contributed by atoms with E-state index in [0.29, 0.717) is 26.4 Å². The van der Waals surface area contributed by atoms with Gasteiger partial charge < -0.3 is 17.2 Å². The van der Waals surface area contributed by atoms with E-state index < -0.39 is 0 Å². The van der Waals surface area contributed by atoms with Crippen molar-refractivity contribution in [3.63, 3.8) is 0 Å². The molecule has 0 atom stereocenters. The van der Waals surface area contributed by atoms with Gasteiger partial charge in [-0.3, -0.25) is 0 Å². The van der Waals surface area contributed by atoms with Crippen LogP contribution in [0.4, 0.5) is 17.6 Å². The third kappa shape index (κ3) is 1.62. The standard InChI is InChI=1S/C11H9N7S2/c1-19-6-3(2-12)8(13)17-10-4(6)5-7(20-10)9(14)18-11(15)16-5/h1H3,(H2,13,17)(H4,14,15,16,18). The predicted octanol–water partition coefficient (Wildman–Crippen LogP) is 1.58. The number of hydrogen-bond acceptors (Lipinski definition) is 9. The van der Waals surface area contributed by atoms with E-state index in [1.807, 2.05) is 6.26 Å². The van der Waals surface area contributed by atoms with E-state index >= 15 is 0 Å². The topological polar surface area (TPSA) is 141 Å². The van der Waals surface area contributed by atoms with Crippen molar-refractivity contribution in [1.29, 1.82) is 5.26 Å². The molecule has 6 N–H and O–H groups in total. The van der Waals surface area contributed by atoms with Crippen LogP contribution in [0.1, 0.15) is 5.56 Å². The maximum atomic E-state index is 9.25. The Morgan fingerprint density at radius 2 is 1.90 bits per heavy atom. The average Bonchev–Trinajstić information content (AvgIpc) is 2.75. The number of rotatable bonds is 1. The van der Waals surface area contributed by atoms with Gasteiger partial charge in [0, 0.05) is 4.90 Å². The monoisotopic (exact) mass is 303 g/mol. The Bertz CT molecular complexity index is 894. The summed E-state index contributed by atoms with van der Waals surface area (Å²) in [5.41, 5.74) is 18.3. The summed E-state index contributed by atoms with van der Waals surface area (Å²) in [5, 5.41) is 10.0. The highest BCUT2D eigenvalue weighted by atomic mass is 32.2. The number of nitrogen functional groups attached to an aromatic ring is 3. The average molecular weight is 303 g/mol. The largest absolute Gasteiger partial charge is 0.383 e. The van der Waals surface area contributed by atoms with Crippen LogP contribution in [0.3, 0.4) is 0 Å². The summed E-state index contributed by atoms with van der Waals surface area (Å²) in [6.45, 7) is 0. The molecule has 0 aliphatic rings. The van der Waals surface area contributed by atoms with Crippen LogP contribution in [0.5, 0.6) is 0 Å². The number of pyridine rings is 1. The van der Waals surface area contributed by atoms with Crippen LogP contribution in [0.25, 0.3) is 20.4 Å². The Labute approximate surface area is 121 Å². The summed E-state index contributed by atoms with van der Waals surface area (Å²) in [7, 11) is 0. The third-order valence-electron chi connectivity index (χ3n) is 2.81. The highest BCUT2D eigenvalue weighted by Gasteiger charge is 2.20. The third-order valence-corrected chi connectivity index (χ3v) is 4.72. The number of hydrogen-bond donors (Lipinski definition) is 3. The summed E-state index contributed by atoms with van der Waals surface area (Å²) < 4.78 is 0.700. The molecule has 20 heavy (non-hydrogen) atoms. The van der Waals surface area contributed by atoms with E-state index in [9.17, 15) is 5.26 Å². The first kappa shape index (κ1) is 12.7. The smallest absolute Gasteiger partial charge is 0.222 e. The molecule has 0 saturated heterocycles. The van der Waals surface area contributed by atoms with E-state index in [1.165, 1.54) is 23.1 Å². The lowest BCUT2D eigenvalue weighted by Crippen LogP contribution is -1.99. The number of thiophene rings is 1. The van der Waals surface area contributed by atoms with Crippen LogP contribution in [-0.4, -0.2) is 21.2 Å². The molecular formula is C11H9N7S2. The van der Waals surface area contributed by atoms with E-state index in [-0.39, 0.29) is 11.8 Å². The molecule has 3 aromatic rings. The Morgan fingerprint density at radius 1 is 1.15 bits per heavy atom. The lowest BCUT2D eigenvalue weighted by atomic mass is 10.2. The van der Waals surface area contributed by atoms with E-state index in [4.69, 9.17) is 17.2 Å². The Morgan fingerprint density at radius 3 is 2.55 bits per heavy atom. The van der Waals surface area contributed by atoms with Crippen molar-refractivity contribution in [2.45, 2.75) is 4.90 Å². The van der Waals surface area contributed by atoms with Crippen LogP contribution in [0, 0.1) is 11.3 Å². The summed E-state index contributed by atoms with van der Waals surface area (Å²) in [6, 6.07) is 2.08. The van der Waals surface area contributed by atoms with Crippen molar-refractivity contribution in [2.24, 2.45) is 0 Å². The van der Waals surface area contributed by atoms with Crippen molar-refractivity contribution in [3.05, 3.63) is 5.56 Å². The molecule has 0 saturated carbocycles. The first-order valence-corrected chi connectivity index (χ1v) is 7.49. The van der Waals surface area contributed by atoms with Gasteiger partial charge in [-0.15, -0.1) is 23.1 Å². The fraction of sp³-hybridized carbons (Fsp3) is 0.0909. The second-order valence-corrected chi connectivity index (χ2v) is 5.76. The highest BCUT2D eigenvalue weighted by molar-refractivity contribution is 7.99. The second kappa shape index (κ2) is 4.36. The van der Waals surface area contributed by atoms with Crippen molar-refractivity contribution in [1.82, 2.24) is 15.0 Å². The lowest BCUT2D eigenvalue weighted by molar-refractivity contribution is 1.25. The molecule has 3 rings (SSSR count). The minimum absolute atomic E-state index is 0.0945. The van der Waals surface area contributed by atoms with E-state index in [0.717, 1.165) is 10.3 Å². The molecule has 0 fully saturated rings. The molecule has 0 amide bonds. The first-order valence-electron chi connectivity index (χ1n) is 5.45. The zero-order valence-electron chi connectivity index (χ0n) is 10.3. The number of nitrogens with zero attached hydrogens (tertiary/aromatic N) is 4. The first-order chi connectivity index (χ1) is 9.56. The van der Waals surface area contributed by atoms with Gasteiger partial charge in [0.05, 0.1) is 15.6 Å². The zero-order valence-corrected chi connectivity index (χ0v) is 12.0. The summed E-state index contributed by atoms with van der Waals surface area (Å²) in [5.74, 6) is 0.604. The molecule has 0 aromatic carbocycles. The van der Waals surface area contributed by atoms with Crippen LogP contribution in [0.2, 0.25) is 0 Å². The maximum Gasteiger partial charge on any atom is 0.222 e. The number of nitrogens with two attached hydrogens (primary N) is 3. The molecular weight excluding hydrogens is 294 g/mol. The van der Waals surface area contributed by atoms with Crippen LogP contribution < -0.4 is 17.2 Å². The highest BCUT2D eigenvalue weighted by Crippen LogP contribution is 2.41. The molecule has 0 unspecified atom stereocenters. The van der Waals surface area contributed by atoms with Gasteiger partial charge in [0.1, 0.15) is 28.1 Å². The van der Waals surface area contributed by atoms with Gasteiger partial charge in [-0.1, -0.05) is 0 Å². The number of anilines is 3. The fourth-order valence-corrected chi connectivity index (χ4v) is 3.86. The van der Waals surface area contributed by atoms with Crippen molar-refractivity contribution >= 4 is 61.1 Å². The summed E-state index contributed by atoms with van der Waals surface area (Å²) in [4.78, 5) is 13.8. The number of fused-ring (bicyclic) bond motifs is 3. The molecule has 0 aliphatic heterocycles. The lowest BCUT2D eigenvalue weighted by Gasteiger charge is -2.05. The molecule has 3 aromatic heterocycles. The van der Waals surface area contributed by atoms with Gasteiger partial charge in [-0.2, -0.15) is 10.2 Å². The minimum Gasteiger partial charge on any atom is -0.383 e. The summed E-state index contributed by atoms with van der Waals surface area (Å²) in [6.07, 6.45) is 1.87. The predicted molar refractivity (Wildman–Crippen MR) is 82.4 cm³/mol. The second-order valence-electron chi connectivity index (χ2n) is 3.94.